The van der Waals surface area contributed by atoms with Crippen LogP contribution in [-0.2, 0) is 10.0 Å². The summed E-state index contributed by atoms with van der Waals surface area (Å²) >= 11 is 0. The molecular weight excluding hydrogens is 258 g/mol. The number of nitrogens with zero attached hydrogens (tertiary/aromatic N) is 1. The number of hydrogen-bond acceptors (Lipinski definition) is 2. The highest BCUT2D eigenvalue weighted by Crippen LogP contribution is 2.19. The molecule has 0 amide bonds. The van der Waals surface area contributed by atoms with Crippen LogP contribution in [0.1, 0.15) is 5.56 Å². The highest BCUT2D eigenvalue weighted by atomic mass is 32.2. The van der Waals surface area contributed by atoms with E-state index in [-0.39, 0.29) is 0 Å². The van der Waals surface area contributed by atoms with Gasteiger partial charge in [0, 0.05) is 13.1 Å². The molecule has 0 N–H and O–H groups in total. The van der Waals surface area contributed by atoms with Gasteiger partial charge in [-0.15, -0.1) is 6.58 Å². The summed E-state index contributed by atoms with van der Waals surface area (Å²) in [6.45, 7) is 6.26. The Kier molecular flexibility index (Phi) is 4.02. The van der Waals surface area contributed by atoms with Gasteiger partial charge >= 0.3 is 0 Å². The second kappa shape index (κ2) is 5.55. The third-order valence-corrected chi connectivity index (χ3v) is 4.80. The normalized spacial score (nSPS) is 14.1. The van der Waals surface area contributed by atoms with Crippen LogP contribution < -0.4 is 0 Å². The van der Waals surface area contributed by atoms with E-state index in [0.717, 1.165) is 11.1 Å². The maximum atomic E-state index is 12.5. The second-order valence-corrected chi connectivity index (χ2v) is 6.44. The van der Waals surface area contributed by atoms with Crippen LogP contribution in [0.25, 0.3) is 0 Å². The van der Waals surface area contributed by atoms with Crippen LogP contribution in [-0.4, -0.2) is 25.8 Å². The lowest BCUT2D eigenvalue weighted by molar-refractivity contribution is 0.468. The van der Waals surface area contributed by atoms with Crippen molar-refractivity contribution in [3.63, 3.8) is 0 Å². The van der Waals surface area contributed by atoms with Gasteiger partial charge in [-0.2, -0.15) is 4.31 Å². The molecule has 19 heavy (non-hydrogen) atoms. The van der Waals surface area contributed by atoms with Crippen LogP contribution in [0.4, 0.5) is 0 Å². The Morgan fingerprint density at radius 2 is 1.89 bits per heavy atom. The summed E-state index contributed by atoms with van der Waals surface area (Å²) in [5.74, 6) is 0. The Hall–Kier alpha value is -1.65. The van der Waals surface area contributed by atoms with Crippen molar-refractivity contribution >= 4 is 10.0 Å². The summed E-state index contributed by atoms with van der Waals surface area (Å²) in [7, 11) is -3.46. The summed E-state index contributed by atoms with van der Waals surface area (Å²) < 4.78 is 26.5. The molecule has 0 spiro atoms. The third-order valence-electron chi connectivity index (χ3n) is 2.97. The van der Waals surface area contributed by atoms with Gasteiger partial charge in [0.15, 0.2) is 0 Å². The molecule has 0 radical (unpaired) electrons. The van der Waals surface area contributed by atoms with E-state index < -0.39 is 10.0 Å². The van der Waals surface area contributed by atoms with Gasteiger partial charge in [-0.1, -0.05) is 42.0 Å². The first kappa shape index (κ1) is 13.8. The van der Waals surface area contributed by atoms with Crippen LogP contribution in [0.5, 0.6) is 0 Å². The molecule has 3 nitrogen and oxygen atoms in total. The fraction of sp³-hybridized carbons (Fsp3) is 0.200. The van der Waals surface area contributed by atoms with Gasteiger partial charge in [-0.3, -0.25) is 0 Å². The molecule has 1 aromatic rings. The molecular formula is C15H17NO2S. The smallest absolute Gasteiger partial charge is 0.207 e. The van der Waals surface area contributed by atoms with E-state index in [2.05, 4.69) is 6.58 Å². The molecule has 0 saturated carbocycles. The minimum Gasteiger partial charge on any atom is -0.207 e. The topological polar surface area (TPSA) is 37.4 Å². The molecule has 100 valence electrons. The monoisotopic (exact) mass is 275 g/mol. The zero-order chi connectivity index (χ0) is 13.9. The summed E-state index contributed by atoms with van der Waals surface area (Å²) in [6.07, 6.45) is 7.34. The van der Waals surface area contributed by atoms with Crippen LogP contribution >= 0.6 is 0 Å². The van der Waals surface area contributed by atoms with Gasteiger partial charge < -0.3 is 0 Å². The molecule has 2 rings (SSSR count). The zero-order valence-corrected chi connectivity index (χ0v) is 11.7. The van der Waals surface area contributed by atoms with Gasteiger partial charge in [0.2, 0.25) is 10.0 Å². The molecule has 0 aromatic heterocycles. The van der Waals surface area contributed by atoms with E-state index in [4.69, 9.17) is 0 Å². The molecule has 1 aliphatic rings. The molecule has 0 bridgehead atoms. The van der Waals surface area contributed by atoms with Crippen LogP contribution in [0.3, 0.4) is 0 Å². The molecule has 0 saturated heterocycles. The van der Waals surface area contributed by atoms with Crippen LogP contribution in [0.15, 0.2) is 65.6 Å². The van der Waals surface area contributed by atoms with Crippen molar-refractivity contribution < 1.29 is 8.42 Å². The van der Waals surface area contributed by atoms with Crippen molar-refractivity contribution in [3.05, 3.63) is 66.3 Å². The summed E-state index contributed by atoms with van der Waals surface area (Å²) in [4.78, 5) is 0.323. The maximum absolute atomic E-state index is 12.5. The Labute approximate surface area is 114 Å². The average Bonchev–Trinajstić information content (AvgIpc) is 2.32. The molecule has 0 heterocycles. The average molecular weight is 275 g/mol. The lowest BCUT2D eigenvalue weighted by Gasteiger charge is -2.22. The highest BCUT2D eigenvalue weighted by Gasteiger charge is 2.24. The van der Waals surface area contributed by atoms with Gasteiger partial charge in [0.25, 0.3) is 0 Å². The molecule has 4 heteroatoms. The second-order valence-electron chi connectivity index (χ2n) is 4.50. The first-order valence-corrected chi connectivity index (χ1v) is 7.53. The van der Waals surface area contributed by atoms with E-state index in [1.165, 1.54) is 4.31 Å². The molecule has 1 aromatic carbocycles. The number of hydrogen-bond donors (Lipinski definition) is 0. The molecule has 0 fully saturated rings. The zero-order valence-electron chi connectivity index (χ0n) is 10.9. The Bertz CT molecular complexity index is 625. The Balaban J connectivity index is 2.27. The fourth-order valence-electron chi connectivity index (χ4n) is 1.79. The van der Waals surface area contributed by atoms with Gasteiger partial charge in [0.05, 0.1) is 4.90 Å². The largest absolute Gasteiger partial charge is 0.243 e. The standard InChI is InChI=1S/C15H17NO2S/c1-3-11-16(12-14-5-4-6-14)19(17,18)15-9-7-13(2)8-10-15/h3-10H,1,11-12H2,2H3. The predicted octanol–water partition coefficient (Wildman–Crippen LogP) is 2.67. The SMILES string of the molecule is C=CCN(CC1=CC=C1)S(=O)(=O)c1ccc(C)cc1. The molecule has 0 aliphatic heterocycles. The fourth-order valence-corrected chi connectivity index (χ4v) is 3.19. The van der Waals surface area contributed by atoms with Crippen molar-refractivity contribution in [2.45, 2.75) is 11.8 Å². The van der Waals surface area contributed by atoms with Crippen molar-refractivity contribution in [3.8, 4) is 0 Å². The summed E-state index contributed by atoms with van der Waals surface area (Å²) in [5, 5.41) is 0. The van der Waals surface area contributed by atoms with Crippen molar-refractivity contribution in [1.82, 2.24) is 4.31 Å². The molecule has 0 unspecified atom stereocenters. The molecule has 1 aliphatic carbocycles. The van der Waals surface area contributed by atoms with Gasteiger partial charge in [-0.05, 0) is 24.6 Å². The van der Waals surface area contributed by atoms with Crippen molar-refractivity contribution in [1.29, 1.82) is 0 Å². The third kappa shape index (κ3) is 3.03. The van der Waals surface area contributed by atoms with E-state index in [1.54, 1.807) is 18.2 Å². The van der Waals surface area contributed by atoms with E-state index >= 15 is 0 Å². The highest BCUT2D eigenvalue weighted by molar-refractivity contribution is 7.89. The molecule has 0 atom stereocenters. The number of aryl methyl sites for hydroxylation is 1. The summed E-state index contributed by atoms with van der Waals surface area (Å²) in [6, 6.07) is 6.90. The lowest BCUT2D eigenvalue weighted by atomic mass is 10.1. The first-order valence-electron chi connectivity index (χ1n) is 6.09. The van der Waals surface area contributed by atoms with E-state index in [0.29, 0.717) is 18.0 Å². The van der Waals surface area contributed by atoms with Crippen LogP contribution in [0.2, 0.25) is 0 Å². The Morgan fingerprint density at radius 1 is 1.26 bits per heavy atom. The lowest BCUT2D eigenvalue weighted by Crippen LogP contribution is -2.33. The van der Waals surface area contributed by atoms with E-state index in [9.17, 15) is 8.42 Å². The maximum Gasteiger partial charge on any atom is 0.243 e. The van der Waals surface area contributed by atoms with Crippen LogP contribution in [0, 0.1) is 6.92 Å². The van der Waals surface area contributed by atoms with Crippen molar-refractivity contribution in [2.75, 3.05) is 13.1 Å². The number of rotatable bonds is 6. The first-order chi connectivity index (χ1) is 9.04. The minimum absolute atomic E-state index is 0.307. The number of benzene rings is 1. The summed E-state index contributed by atoms with van der Waals surface area (Å²) in [5.41, 5.74) is 2.05. The number of sulfonamides is 1. The predicted molar refractivity (Wildman–Crippen MR) is 77.4 cm³/mol. The quantitative estimate of drug-likeness (QED) is 0.749. The Morgan fingerprint density at radius 3 is 2.37 bits per heavy atom. The van der Waals surface area contributed by atoms with Gasteiger partial charge in [0.1, 0.15) is 0 Å². The van der Waals surface area contributed by atoms with Crippen molar-refractivity contribution in [2.24, 2.45) is 0 Å². The van der Waals surface area contributed by atoms with E-state index in [1.807, 2.05) is 37.3 Å². The minimum atomic E-state index is -3.46. The van der Waals surface area contributed by atoms with Gasteiger partial charge in [-0.25, -0.2) is 8.42 Å². The number of allylic oxidation sites excluding steroid dienone is 2.